The van der Waals surface area contributed by atoms with Crippen molar-refractivity contribution in [2.75, 3.05) is 0 Å². The molecule has 0 atom stereocenters. The molecule has 0 aliphatic carbocycles. The first-order chi connectivity index (χ1) is 9.13. The molecule has 96 valence electrons. The number of aromatic nitrogens is 4. The molecule has 0 aliphatic heterocycles. The zero-order valence-corrected chi connectivity index (χ0v) is 9.82. The first kappa shape index (κ1) is 11.5. The normalized spacial score (nSPS) is 10.9. The van der Waals surface area contributed by atoms with E-state index in [4.69, 9.17) is 4.52 Å². The van der Waals surface area contributed by atoms with E-state index in [0.29, 0.717) is 11.4 Å². The van der Waals surface area contributed by atoms with E-state index >= 15 is 0 Å². The van der Waals surface area contributed by atoms with Gasteiger partial charge in [0, 0.05) is 17.5 Å². The molecule has 7 heteroatoms. The predicted octanol–water partition coefficient (Wildman–Crippen LogP) is 2.71. The minimum absolute atomic E-state index is 0.169. The average molecular weight is 262 g/mol. The highest BCUT2D eigenvalue weighted by molar-refractivity contribution is 5.56. The van der Waals surface area contributed by atoms with Crippen molar-refractivity contribution in [3.63, 3.8) is 0 Å². The van der Waals surface area contributed by atoms with Gasteiger partial charge in [0.15, 0.2) is 17.5 Å². The van der Waals surface area contributed by atoms with Crippen molar-refractivity contribution >= 4 is 0 Å². The zero-order valence-electron chi connectivity index (χ0n) is 9.82. The maximum Gasteiger partial charge on any atom is 0.294 e. The minimum atomic E-state index is -0.960. The molecule has 0 saturated carbocycles. The molecule has 0 aliphatic rings. The number of hydrogen-bond acceptors (Lipinski definition) is 4. The van der Waals surface area contributed by atoms with E-state index in [2.05, 4.69) is 20.1 Å². The third kappa shape index (κ3) is 2.10. The van der Waals surface area contributed by atoms with Gasteiger partial charge in [0.05, 0.1) is 0 Å². The SMILES string of the molecule is Cc1cnc(-c2nc(-c3ccc(F)c(F)c3)no2)[nH]1. The van der Waals surface area contributed by atoms with Gasteiger partial charge in [0.25, 0.3) is 5.89 Å². The Labute approximate surface area is 106 Å². The molecule has 0 spiro atoms. The quantitative estimate of drug-likeness (QED) is 0.771. The summed E-state index contributed by atoms with van der Waals surface area (Å²) < 4.78 is 31.0. The maximum absolute atomic E-state index is 13.1. The van der Waals surface area contributed by atoms with Crippen LogP contribution in [0.5, 0.6) is 0 Å². The van der Waals surface area contributed by atoms with Gasteiger partial charge in [-0.05, 0) is 25.1 Å². The number of aryl methyl sites for hydroxylation is 1. The summed E-state index contributed by atoms with van der Waals surface area (Å²) >= 11 is 0. The summed E-state index contributed by atoms with van der Waals surface area (Å²) in [7, 11) is 0. The molecule has 0 bridgehead atoms. The number of hydrogen-bond donors (Lipinski definition) is 1. The Morgan fingerprint density at radius 3 is 2.74 bits per heavy atom. The van der Waals surface area contributed by atoms with Crippen LogP contribution in [0.15, 0.2) is 28.9 Å². The summed E-state index contributed by atoms with van der Waals surface area (Å²) in [6.07, 6.45) is 1.62. The highest BCUT2D eigenvalue weighted by atomic mass is 19.2. The third-order valence-electron chi connectivity index (χ3n) is 2.51. The minimum Gasteiger partial charge on any atom is -0.338 e. The molecule has 19 heavy (non-hydrogen) atoms. The average Bonchev–Trinajstić information content (AvgIpc) is 3.01. The van der Waals surface area contributed by atoms with E-state index in [1.807, 2.05) is 6.92 Å². The van der Waals surface area contributed by atoms with E-state index in [-0.39, 0.29) is 11.7 Å². The molecule has 3 rings (SSSR count). The van der Waals surface area contributed by atoms with Gasteiger partial charge in [-0.1, -0.05) is 5.16 Å². The van der Waals surface area contributed by atoms with Crippen molar-refractivity contribution in [1.29, 1.82) is 0 Å². The summed E-state index contributed by atoms with van der Waals surface area (Å²) in [5.74, 6) is -1.10. The van der Waals surface area contributed by atoms with E-state index in [1.165, 1.54) is 6.07 Å². The van der Waals surface area contributed by atoms with Crippen LogP contribution < -0.4 is 0 Å². The van der Waals surface area contributed by atoms with Crippen molar-refractivity contribution in [2.45, 2.75) is 6.92 Å². The van der Waals surface area contributed by atoms with Crippen LogP contribution in [0, 0.1) is 18.6 Å². The number of nitrogens with zero attached hydrogens (tertiary/aromatic N) is 3. The van der Waals surface area contributed by atoms with Gasteiger partial charge in [-0.2, -0.15) is 4.98 Å². The molecule has 1 N–H and O–H groups in total. The summed E-state index contributed by atoms with van der Waals surface area (Å²) in [5, 5.41) is 3.71. The van der Waals surface area contributed by atoms with Crippen LogP contribution in [0.25, 0.3) is 23.1 Å². The lowest BCUT2D eigenvalue weighted by Crippen LogP contribution is -1.87. The maximum atomic E-state index is 13.1. The lowest BCUT2D eigenvalue weighted by atomic mass is 10.2. The summed E-state index contributed by atoms with van der Waals surface area (Å²) in [4.78, 5) is 11.0. The van der Waals surface area contributed by atoms with Crippen LogP contribution in [0.2, 0.25) is 0 Å². The smallest absolute Gasteiger partial charge is 0.294 e. The van der Waals surface area contributed by atoms with Gasteiger partial charge < -0.3 is 9.51 Å². The highest BCUT2D eigenvalue weighted by Gasteiger charge is 2.14. The molecular formula is C12H8F2N4O. The molecule has 5 nitrogen and oxygen atoms in total. The number of rotatable bonds is 2. The van der Waals surface area contributed by atoms with Crippen molar-refractivity contribution in [1.82, 2.24) is 20.1 Å². The number of nitrogens with one attached hydrogen (secondary N) is 1. The van der Waals surface area contributed by atoms with Gasteiger partial charge in [0.1, 0.15) is 0 Å². The molecule has 2 aromatic heterocycles. The second kappa shape index (κ2) is 4.27. The molecule has 0 unspecified atom stereocenters. The Balaban J connectivity index is 1.98. The van der Waals surface area contributed by atoms with Gasteiger partial charge in [-0.15, -0.1) is 0 Å². The molecular weight excluding hydrogens is 254 g/mol. The van der Waals surface area contributed by atoms with Crippen LogP contribution in [-0.2, 0) is 0 Å². The van der Waals surface area contributed by atoms with Crippen LogP contribution in [-0.4, -0.2) is 20.1 Å². The number of aromatic amines is 1. The van der Waals surface area contributed by atoms with E-state index < -0.39 is 11.6 Å². The lowest BCUT2D eigenvalue weighted by molar-refractivity contribution is 0.429. The summed E-state index contributed by atoms with van der Waals surface area (Å²) in [6, 6.07) is 3.40. The first-order valence-electron chi connectivity index (χ1n) is 5.44. The Morgan fingerprint density at radius 1 is 1.21 bits per heavy atom. The molecule has 0 amide bonds. The van der Waals surface area contributed by atoms with E-state index in [9.17, 15) is 8.78 Å². The number of benzene rings is 1. The Hall–Kier alpha value is -2.57. The molecule has 0 saturated heterocycles. The van der Waals surface area contributed by atoms with Gasteiger partial charge in [-0.25, -0.2) is 13.8 Å². The Kier molecular flexibility index (Phi) is 2.59. The molecule has 0 radical (unpaired) electrons. The molecule has 1 aromatic carbocycles. The lowest BCUT2D eigenvalue weighted by Gasteiger charge is -1.95. The molecule has 3 aromatic rings. The predicted molar refractivity (Wildman–Crippen MR) is 62.0 cm³/mol. The second-order valence-corrected chi connectivity index (χ2v) is 3.97. The van der Waals surface area contributed by atoms with Crippen molar-refractivity contribution in [3.05, 3.63) is 41.7 Å². The number of halogens is 2. The third-order valence-corrected chi connectivity index (χ3v) is 2.51. The first-order valence-corrected chi connectivity index (χ1v) is 5.44. The van der Waals surface area contributed by atoms with Crippen molar-refractivity contribution in [2.24, 2.45) is 0 Å². The fourth-order valence-corrected chi connectivity index (χ4v) is 1.59. The van der Waals surface area contributed by atoms with Gasteiger partial charge in [-0.3, -0.25) is 0 Å². The van der Waals surface area contributed by atoms with Crippen LogP contribution in [0.4, 0.5) is 8.78 Å². The highest BCUT2D eigenvalue weighted by Crippen LogP contribution is 2.21. The Morgan fingerprint density at radius 2 is 2.05 bits per heavy atom. The zero-order chi connectivity index (χ0) is 13.4. The van der Waals surface area contributed by atoms with E-state index in [1.54, 1.807) is 6.20 Å². The van der Waals surface area contributed by atoms with Crippen molar-refractivity contribution < 1.29 is 13.3 Å². The van der Waals surface area contributed by atoms with Crippen molar-refractivity contribution in [3.8, 4) is 23.1 Å². The van der Waals surface area contributed by atoms with E-state index in [0.717, 1.165) is 17.8 Å². The topological polar surface area (TPSA) is 67.6 Å². The number of H-pyrrole nitrogens is 1. The summed E-state index contributed by atoms with van der Waals surface area (Å²) in [6.45, 7) is 1.84. The number of imidazole rings is 1. The standard InChI is InChI=1S/C12H8F2N4O/c1-6-5-15-11(16-6)12-17-10(18-19-12)7-2-3-8(13)9(14)4-7/h2-5H,1H3,(H,15,16). The fourth-order valence-electron chi connectivity index (χ4n) is 1.59. The second-order valence-electron chi connectivity index (χ2n) is 3.97. The van der Waals surface area contributed by atoms with Crippen LogP contribution in [0.1, 0.15) is 5.69 Å². The largest absolute Gasteiger partial charge is 0.338 e. The van der Waals surface area contributed by atoms with Gasteiger partial charge >= 0.3 is 0 Å². The summed E-state index contributed by atoms with van der Waals surface area (Å²) in [5.41, 5.74) is 1.18. The fraction of sp³-hybridized carbons (Fsp3) is 0.0833. The Bertz CT molecular complexity index is 735. The molecule has 2 heterocycles. The van der Waals surface area contributed by atoms with Crippen LogP contribution >= 0.6 is 0 Å². The van der Waals surface area contributed by atoms with Gasteiger partial charge in [0.2, 0.25) is 5.82 Å². The molecule has 0 fully saturated rings. The van der Waals surface area contributed by atoms with Crippen LogP contribution in [0.3, 0.4) is 0 Å². The monoisotopic (exact) mass is 262 g/mol.